The first kappa shape index (κ1) is 14.1. The molecule has 0 saturated carbocycles. The molecule has 0 bridgehead atoms. The molecular weight excluding hydrogens is 272 g/mol. The fraction of sp³-hybridized carbons (Fsp3) is 0.909. The molecule has 0 aromatic rings. The van der Waals surface area contributed by atoms with Gasteiger partial charge in [-0.2, -0.15) is 11.8 Å². The molecule has 2 rings (SSSR count). The summed E-state index contributed by atoms with van der Waals surface area (Å²) in [5.74, 6) is 1.71. The predicted molar refractivity (Wildman–Crippen MR) is 73.3 cm³/mol. The van der Waals surface area contributed by atoms with Crippen molar-refractivity contribution in [3.63, 3.8) is 0 Å². The zero-order valence-corrected chi connectivity index (χ0v) is 12.2. The molecule has 2 heterocycles. The van der Waals surface area contributed by atoms with E-state index in [1.807, 2.05) is 0 Å². The highest BCUT2D eigenvalue weighted by molar-refractivity contribution is 8.00. The lowest BCUT2D eigenvalue weighted by Gasteiger charge is -2.34. The van der Waals surface area contributed by atoms with Crippen LogP contribution >= 0.6 is 11.8 Å². The van der Waals surface area contributed by atoms with Gasteiger partial charge in [-0.05, 0) is 25.4 Å². The van der Waals surface area contributed by atoms with E-state index in [4.69, 9.17) is 0 Å². The average Bonchev–Trinajstić information content (AvgIpc) is 2.80. The van der Waals surface area contributed by atoms with Gasteiger partial charge in [0, 0.05) is 30.7 Å². The Morgan fingerprint density at radius 1 is 1.50 bits per heavy atom. The maximum absolute atomic E-state index is 12.2. The molecule has 2 fully saturated rings. The number of hydrogen-bond donors (Lipinski definition) is 1. The second kappa shape index (κ2) is 5.79. The van der Waals surface area contributed by atoms with Gasteiger partial charge in [0.2, 0.25) is 5.91 Å². The predicted octanol–water partition coefficient (Wildman–Crippen LogP) is -0.0679. The van der Waals surface area contributed by atoms with Crippen LogP contribution in [0.3, 0.4) is 0 Å². The summed E-state index contributed by atoms with van der Waals surface area (Å²) < 4.78 is 23.4. The van der Waals surface area contributed by atoms with Gasteiger partial charge in [0.1, 0.15) is 5.37 Å². The highest BCUT2D eigenvalue weighted by Gasteiger charge is 2.35. The first-order valence-electron chi connectivity index (χ1n) is 6.25. The van der Waals surface area contributed by atoms with Gasteiger partial charge >= 0.3 is 0 Å². The van der Waals surface area contributed by atoms with Crippen LogP contribution in [0.4, 0.5) is 0 Å². The third-order valence-corrected chi connectivity index (χ3v) is 6.17. The van der Waals surface area contributed by atoms with Gasteiger partial charge in [-0.1, -0.05) is 0 Å². The highest BCUT2D eigenvalue weighted by Crippen LogP contribution is 2.23. The van der Waals surface area contributed by atoms with Crippen LogP contribution in [0.25, 0.3) is 0 Å². The third-order valence-electron chi connectivity index (χ3n) is 3.52. The fourth-order valence-electron chi connectivity index (χ4n) is 2.47. The summed E-state index contributed by atoms with van der Waals surface area (Å²) in [6.07, 6.45) is 2.71. The van der Waals surface area contributed by atoms with Crippen molar-refractivity contribution in [3.05, 3.63) is 0 Å². The summed E-state index contributed by atoms with van der Waals surface area (Å²) in [5, 5.41) is 2.60. The van der Waals surface area contributed by atoms with Crippen molar-refractivity contribution in [1.82, 2.24) is 10.2 Å². The molecule has 0 aromatic carbocycles. The largest absolute Gasteiger partial charge is 0.324 e. The number of nitrogens with one attached hydrogen (secondary N) is 1. The number of nitrogens with zero attached hydrogens (tertiary/aromatic N) is 1. The molecule has 7 heteroatoms. The second-order valence-electron chi connectivity index (χ2n) is 5.01. The van der Waals surface area contributed by atoms with E-state index in [0.29, 0.717) is 24.6 Å². The monoisotopic (exact) mass is 292 g/mol. The lowest BCUT2D eigenvalue weighted by atomic mass is 10.0. The van der Waals surface area contributed by atoms with Gasteiger partial charge in [0.05, 0.1) is 0 Å². The molecule has 0 radical (unpaired) electrons. The Morgan fingerprint density at radius 3 is 2.89 bits per heavy atom. The lowest BCUT2D eigenvalue weighted by molar-refractivity contribution is -0.132. The van der Waals surface area contributed by atoms with Crippen molar-refractivity contribution >= 4 is 27.5 Å². The van der Waals surface area contributed by atoms with Gasteiger partial charge in [0.15, 0.2) is 9.84 Å². The molecule has 1 N–H and O–H groups in total. The summed E-state index contributed by atoms with van der Waals surface area (Å²) in [4.78, 5) is 13.8. The summed E-state index contributed by atoms with van der Waals surface area (Å²) in [7, 11) is -3.19. The summed E-state index contributed by atoms with van der Waals surface area (Å²) in [5.41, 5.74) is 0. The van der Waals surface area contributed by atoms with E-state index >= 15 is 0 Å². The molecule has 2 saturated heterocycles. The normalized spacial score (nSPS) is 29.5. The first-order chi connectivity index (χ1) is 8.48. The Labute approximate surface area is 113 Å². The quantitative estimate of drug-likeness (QED) is 0.789. The van der Waals surface area contributed by atoms with E-state index in [2.05, 4.69) is 5.32 Å². The summed E-state index contributed by atoms with van der Waals surface area (Å²) >= 11 is 1.61. The van der Waals surface area contributed by atoms with Crippen LogP contribution in [0.2, 0.25) is 0 Å². The van der Waals surface area contributed by atoms with Crippen LogP contribution in [0.5, 0.6) is 0 Å². The molecule has 5 nitrogen and oxygen atoms in total. The number of sulfone groups is 1. The van der Waals surface area contributed by atoms with Gasteiger partial charge in [-0.25, -0.2) is 8.42 Å². The number of amides is 1. The SMILES string of the molecule is CS(=O)(=O)C1CSCCN1C(=O)CC1CCNC1. The molecule has 18 heavy (non-hydrogen) atoms. The zero-order chi connectivity index (χ0) is 13.2. The fourth-order valence-corrected chi connectivity index (χ4v) is 5.31. The number of thioether (sulfide) groups is 1. The van der Waals surface area contributed by atoms with E-state index in [-0.39, 0.29) is 5.91 Å². The molecule has 2 aliphatic heterocycles. The zero-order valence-electron chi connectivity index (χ0n) is 10.6. The number of carbonyl (C=O) groups is 1. The minimum absolute atomic E-state index is 0.000532. The van der Waals surface area contributed by atoms with E-state index in [9.17, 15) is 13.2 Å². The topological polar surface area (TPSA) is 66.5 Å². The lowest BCUT2D eigenvalue weighted by Crippen LogP contribution is -2.50. The molecule has 2 atom stereocenters. The minimum atomic E-state index is -3.19. The number of carbonyl (C=O) groups excluding carboxylic acids is 1. The molecule has 1 amide bonds. The Kier molecular flexibility index (Phi) is 4.55. The Bertz CT molecular complexity index is 405. The summed E-state index contributed by atoms with van der Waals surface area (Å²) in [6.45, 7) is 2.39. The Morgan fingerprint density at radius 2 is 2.28 bits per heavy atom. The highest BCUT2D eigenvalue weighted by atomic mass is 32.2. The molecule has 2 aliphatic rings. The van der Waals surface area contributed by atoms with E-state index in [0.717, 1.165) is 25.3 Å². The minimum Gasteiger partial charge on any atom is -0.324 e. The summed E-state index contributed by atoms with van der Waals surface area (Å²) in [6, 6.07) is 0. The molecular formula is C11H20N2O3S2. The van der Waals surface area contributed by atoms with Crippen molar-refractivity contribution in [2.45, 2.75) is 18.2 Å². The first-order valence-corrected chi connectivity index (χ1v) is 9.36. The maximum atomic E-state index is 12.2. The van der Waals surface area contributed by atoms with Crippen LogP contribution in [0, 0.1) is 5.92 Å². The smallest absolute Gasteiger partial charge is 0.224 e. The Hall–Kier alpha value is -0.270. The van der Waals surface area contributed by atoms with Crippen LogP contribution in [-0.4, -0.2) is 62.0 Å². The van der Waals surface area contributed by atoms with Gasteiger partial charge in [-0.3, -0.25) is 4.79 Å². The number of hydrogen-bond acceptors (Lipinski definition) is 5. The molecule has 0 aromatic heterocycles. The molecule has 0 spiro atoms. The third kappa shape index (κ3) is 3.39. The standard InChI is InChI=1S/C11H20N2O3S2/c1-18(15,16)11-8-17-5-4-13(11)10(14)6-9-2-3-12-7-9/h9,11-12H,2-8H2,1H3. The van der Waals surface area contributed by atoms with Crippen molar-refractivity contribution in [3.8, 4) is 0 Å². The Balaban J connectivity index is 2.01. The van der Waals surface area contributed by atoms with E-state index in [1.54, 1.807) is 16.7 Å². The van der Waals surface area contributed by atoms with Gasteiger partial charge < -0.3 is 10.2 Å². The number of rotatable bonds is 3. The molecule has 2 unspecified atom stereocenters. The van der Waals surface area contributed by atoms with Crippen LogP contribution in [-0.2, 0) is 14.6 Å². The molecule has 104 valence electrons. The molecule has 0 aliphatic carbocycles. The van der Waals surface area contributed by atoms with Crippen molar-refractivity contribution < 1.29 is 13.2 Å². The average molecular weight is 292 g/mol. The van der Waals surface area contributed by atoms with Crippen LogP contribution in [0.1, 0.15) is 12.8 Å². The van der Waals surface area contributed by atoms with Crippen molar-refractivity contribution in [1.29, 1.82) is 0 Å². The van der Waals surface area contributed by atoms with Crippen molar-refractivity contribution in [2.24, 2.45) is 5.92 Å². The van der Waals surface area contributed by atoms with E-state index < -0.39 is 15.2 Å². The van der Waals surface area contributed by atoms with Crippen LogP contribution < -0.4 is 5.32 Å². The van der Waals surface area contributed by atoms with Crippen molar-refractivity contribution in [2.75, 3.05) is 37.4 Å². The maximum Gasteiger partial charge on any atom is 0.224 e. The second-order valence-corrected chi connectivity index (χ2v) is 8.36. The van der Waals surface area contributed by atoms with Gasteiger partial charge in [0.25, 0.3) is 0 Å². The van der Waals surface area contributed by atoms with Crippen LogP contribution in [0.15, 0.2) is 0 Å². The van der Waals surface area contributed by atoms with Gasteiger partial charge in [-0.15, -0.1) is 0 Å². The van der Waals surface area contributed by atoms with E-state index in [1.165, 1.54) is 6.26 Å².